The van der Waals surface area contributed by atoms with Gasteiger partial charge in [0.1, 0.15) is 5.69 Å². The van der Waals surface area contributed by atoms with Gasteiger partial charge in [0.05, 0.1) is 18.6 Å². The van der Waals surface area contributed by atoms with Gasteiger partial charge in [-0.2, -0.15) is 0 Å². The van der Waals surface area contributed by atoms with Crippen LogP contribution in [0.1, 0.15) is 36.2 Å². The van der Waals surface area contributed by atoms with Crippen molar-refractivity contribution in [2.45, 2.75) is 37.8 Å². The van der Waals surface area contributed by atoms with Gasteiger partial charge in [-0.15, -0.1) is 0 Å². The number of amides is 1. The molecule has 4 atom stereocenters. The fraction of sp³-hybridized carbons (Fsp3) is 0.722. The molecule has 0 unspecified atom stereocenters. The largest absolute Gasteiger partial charge is 0.483 e. The molecule has 1 saturated carbocycles. The van der Waals surface area contributed by atoms with Gasteiger partial charge in [0.15, 0.2) is 0 Å². The number of fused-ring (bicyclic) bond motifs is 1. The molecule has 26 heavy (non-hydrogen) atoms. The number of carbonyl (C=O) groups is 2. The molecule has 2 N–H and O–H groups in total. The van der Waals surface area contributed by atoms with Crippen LogP contribution in [0.5, 0.6) is 0 Å². The van der Waals surface area contributed by atoms with Gasteiger partial charge in [-0.1, -0.05) is 0 Å². The molecule has 0 aromatic carbocycles. The molecule has 4 rings (SSSR count). The number of hydrogen-bond acceptors (Lipinski definition) is 5. The van der Waals surface area contributed by atoms with Gasteiger partial charge in [0, 0.05) is 26.2 Å². The minimum absolute atomic E-state index is 0.0756. The molecule has 0 bridgehead atoms. The van der Waals surface area contributed by atoms with Gasteiger partial charge in [-0.25, -0.2) is 4.98 Å². The van der Waals surface area contributed by atoms with Crippen LogP contribution in [0.25, 0.3) is 0 Å². The van der Waals surface area contributed by atoms with Crippen molar-refractivity contribution in [3.05, 3.63) is 18.2 Å². The molecular weight excluding hydrogens is 336 g/mol. The molecular formula is C18H28N4O4. The summed E-state index contributed by atoms with van der Waals surface area (Å²) in [5, 5.41) is 17.5. The van der Waals surface area contributed by atoms with E-state index in [0.717, 1.165) is 39.0 Å². The predicted molar refractivity (Wildman–Crippen MR) is 94.6 cm³/mol. The van der Waals surface area contributed by atoms with E-state index in [1.54, 1.807) is 17.1 Å². The lowest BCUT2D eigenvalue weighted by Crippen LogP contribution is -2.48. The Balaban J connectivity index is 0.000000613. The summed E-state index contributed by atoms with van der Waals surface area (Å²) in [5.41, 5.74) is 0.653. The van der Waals surface area contributed by atoms with Crippen LogP contribution in [0.15, 0.2) is 12.5 Å². The lowest BCUT2D eigenvalue weighted by Gasteiger charge is -2.40. The summed E-state index contributed by atoms with van der Waals surface area (Å²) < 4.78 is 1.78. The van der Waals surface area contributed by atoms with E-state index in [1.807, 2.05) is 11.9 Å². The molecule has 0 radical (unpaired) electrons. The van der Waals surface area contributed by atoms with Crippen molar-refractivity contribution in [3.63, 3.8) is 0 Å². The van der Waals surface area contributed by atoms with E-state index in [0.29, 0.717) is 23.6 Å². The standard InChI is InChI=1S/C17H26N4O2.CH2O2/c1-19-11-18-8-15(19)17(23)21-9-12-6-14(20-4-2-3-5-20)16(22)7-13(12)10-21;2-1-3/h8,11-14,16,22H,2-7,9-10H2,1H3;1H,(H,2,3)/t12-,13+,14-,16-;/m1./s1. The van der Waals surface area contributed by atoms with Crippen molar-refractivity contribution in [1.29, 1.82) is 0 Å². The van der Waals surface area contributed by atoms with Crippen LogP contribution in [0.3, 0.4) is 0 Å². The third kappa shape index (κ3) is 3.76. The Morgan fingerprint density at radius 1 is 1.23 bits per heavy atom. The minimum atomic E-state index is -0.250. The number of nitrogens with zero attached hydrogens (tertiary/aromatic N) is 4. The second kappa shape index (κ2) is 8.18. The van der Waals surface area contributed by atoms with Crippen molar-refractivity contribution in [2.75, 3.05) is 26.2 Å². The number of aliphatic hydroxyl groups excluding tert-OH is 1. The minimum Gasteiger partial charge on any atom is -0.483 e. The number of carboxylic acid groups (broad SMARTS) is 1. The summed E-state index contributed by atoms with van der Waals surface area (Å²) >= 11 is 0. The van der Waals surface area contributed by atoms with Crippen LogP contribution < -0.4 is 0 Å². The third-order valence-electron chi connectivity index (χ3n) is 6.04. The van der Waals surface area contributed by atoms with Crippen LogP contribution in [-0.2, 0) is 11.8 Å². The van der Waals surface area contributed by atoms with E-state index < -0.39 is 0 Å². The zero-order chi connectivity index (χ0) is 18.7. The Morgan fingerprint density at radius 2 is 1.85 bits per heavy atom. The number of rotatable bonds is 2. The Labute approximate surface area is 153 Å². The number of carbonyl (C=O) groups excluding carboxylic acids is 1. The highest BCUT2D eigenvalue weighted by atomic mass is 16.3. The van der Waals surface area contributed by atoms with E-state index in [1.165, 1.54) is 12.8 Å². The summed E-state index contributed by atoms with van der Waals surface area (Å²) in [6.45, 7) is 3.59. The Bertz CT molecular complexity index is 628. The first kappa shape index (κ1) is 18.8. The van der Waals surface area contributed by atoms with Crippen LogP contribution >= 0.6 is 0 Å². The summed E-state index contributed by atoms with van der Waals surface area (Å²) in [6.07, 6.45) is 7.45. The highest BCUT2D eigenvalue weighted by Crippen LogP contribution is 2.39. The number of likely N-dealkylation sites (tertiary alicyclic amines) is 2. The zero-order valence-electron chi connectivity index (χ0n) is 15.2. The maximum atomic E-state index is 12.7. The first-order valence-corrected chi connectivity index (χ1v) is 9.30. The van der Waals surface area contributed by atoms with Crippen LogP contribution in [0, 0.1) is 11.8 Å². The molecule has 3 aliphatic rings. The molecule has 2 aliphatic heterocycles. The number of aliphatic hydroxyl groups is 1. The first-order chi connectivity index (χ1) is 12.5. The van der Waals surface area contributed by atoms with Crippen molar-refractivity contribution in [2.24, 2.45) is 18.9 Å². The molecule has 1 amide bonds. The topological polar surface area (TPSA) is 98.9 Å². The van der Waals surface area contributed by atoms with E-state index in [-0.39, 0.29) is 18.5 Å². The Morgan fingerprint density at radius 3 is 2.42 bits per heavy atom. The molecule has 3 fully saturated rings. The summed E-state index contributed by atoms with van der Waals surface area (Å²) in [4.78, 5) is 29.5. The quantitative estimate of drug-likeness (QED) is 0.739. The van der Waals surface area contributed by atoms with Crippen molar-refractivity contribution in [3.8, 4) is 0 Å². The highest BCUT2D eigenvalue weighted by Gasteiger charge is 2.45. The van der Waals surface area contributed by atoms with Gasteiger partial charge in [-0.05, 0) is 50.6 Å². The van der Waals surface area contributed by atoms with E-state index in [9.17, 15) is 9.90 Å². The second-order valence-electron chi connectivity index (χ2n) is 7.57. The van der Waals surface area contributed by atoms with Crippen LogP contribution in [0.2, 0.25) is 0 Å². The number of hydrogen-bond donors (Lipinski definition) is 2. The lowest BCUT2D eigenvalue weighted by molar-refractivity contribution is -0.122. The van der Waals surface area contributed by atoms with Crippen molar-refractivity contribution in [1.82, 2.24) is 19.4 Å². The normalized spacial score (nSPS) is 31.2. The molecule has 144 valence electrons. The maximum Gasteiger partial charge on any atom is 0.290 e. The van der Waals surface area contributed by atoms with Gasteiger partial charge >= 0.3 is 0 Å². The predicted octanol–water partition coefficient (Wildman–Crippen LogP) is 0.428. The van der Waals surface area contributed by atoms with Crippen LogP contribution in [-0.4, -0.2) is 80.3 Å². The molecule has 3 heterocycles. The van der Waals surface area contributed by atoms with E-state index in [2.05, 4.69) is 9.88 Å². The fourth-order valence-corrected chi connectivity index (χ4v) is 4.76. The monoisotopic (exact) mass is 364 g/mol. The maximum absolute atomic E-state index is 12.7. The molecule has 1 aliphatic carbocycles. The summed E-state index contributed by atoms with van der Waals surface area (Å²) in [5.74, 6) is 1.05. The average molecular weight is 364 g/mol. The van der Waals surface area contributed by atoms with Gasteiger partial charge < -0.3 is 19.7 Å². The average Bonchev–Trinajstić information content (AvgIpc) is 3.34. The van der Waals surface area contributed by atoms with Crippen LogP contribution in [0.4, 0.5) is 0 Å². The third-order valence-corrected chi connectivity index (χ3v) is 6.04. The van der Waals surface area contributed by atoms with Gasteiger partial charge in [0.2, 0.25) is 0 Å². The molecule has 2 saturated heterocycles. The number of aromatic nitrogens is 2. The summed E-state index contributed by atoms with van der Waals surface area (Å²) in [7, 11) is 1.86. The number of aryl methyl sites for hydroxylation is 1. The molecule has 8 nitrogen and oxygen atoms in total. The fourth-order valence-electron chi connectivity index (χ4n) is 4.76. The lowest BCUT2D eigenvalue weighted by atomic mass is 9.77. The Hall–Kier alpha value is -1.93. The first-order valence-electron chi connectivity index (χ1n) is 9.30. The second-order valence-corrected chi connectivity index (χ2v) is 7.57. The SMILES string of the molecule is Cn1cncc1C(=O)N1C[C@H]2C[C@@H](N3CCCC3)[C@H](O)C[C@H]2C1.O=CO. The zero-order valence-corrected chi connectivity index (χ0v) is 15.2. The van der Waals surface area contributed by atoms with E-state index >= 15 is 0 Å². The Kier molecular flexibility index (Phi) is 5.93. The van der Waals surface area contributed by atoms with Gasteiger partial charge in [-0.3, -0.25) is 14.5 Å². The van der Waals surface area contributed by atoms with Gasteiger partial charge in [0.25, 0.3) is 12.4 Å². The van der Waals surface area contributed by atoms with Crippen molar-refractivity contribution < 1.29 is 19.8 Å². The smallest absolute Gasteiger partial charge is 0.290 e. The molecule has 1 aromatic heterocycles. The molecule has 0 spiro atoms. The van der Waals surface area contributed by atoms with Crippen molar-refractivity contribution >= 4 is 12.4 Å². The summed E-state index contributed by atoms with van der Waals surface area (Å²) in [6, 6.07) is 0.297. The molecule has 1 aromatic rings. The highest BCUT2D eigenvalue weighted by molar-refractivity contribution is 5.92. The number of imidazole rings is 1. The van der Waals surface area contributed by atoms with E-state index in [4.69, 9.17) is 9.90 Å². The molecule has 8 heteroatoms.